The number of ether oxygens (including phenoxy) is 1. The van der Waals surface area contributed by atoms with Crippen molar-refractivity contribution in [3.63, 3.8) is 0 Å². The Labute approximate surface area is 195 Å². The molecule has 0 spiro atoms. The molecule has 0 saturated carbocycles. The lowest BCUT2D eigenvalue weighted by Gasteiger charge is -2.31. The molecule has 1 heterocycles. The number of nitrogens with one attached hydrogen (secondary N) is 2. The number of rotatable bonds is 6. The molecule has 184 valence electrons. The van der Waals surface area contributed by atoms with E-state index in [2.05, 4.69) is 10.0 Å². The Morgan fingerprint density at radius 2 is 1.76 bits per heavy atom. The van der Waals surface area contributed by atoms with Crippen LogP contribution in [0, 0.1) is 0 Å². The first kappa shape index (κ1) is 25.3. The molecule has 0 bridgehead atoms. The van der Waals surface area contributed by atoms with Crippen molar-refractivity contribution >= 4 is 27.7 Å². The highest BCUT2D eigenvalue weighted by Crippen LogP contribution is 2.31. The third kappa shape index (κ3) is 6.19. The molecule has 2 amide bonds. The highest BCUT2D eigenvalue weighted by Gasteiger charge is 2.32. The molecule has 1 aliphatic heterocycles. The van der Waals surface area contributed by atoms with E-state index in [1.807, 2.05) is 0 Å². The Morgan fingerprint density at radius 1 is 1.09 bits per heavy atom. The first-order valence-electron chi connectivity index (χ1n) is 10.5. The zero-order valence-corrected chi connectivity index (χ0v) is 19.1. The van der Waals surface area contributed by atoms with E-state index in [-0.39, 0.29) is 23.9 Å². The zero-order valence-electron chi connectivity index (χ0n) is 18.3. The summed E-state index contributed by atoms with van der Waals surface area (Å²) in [6.07, 6.45) is -4.14. The van der Waals surface area contributed by atoms with Gasteiger partial charge in [-0.05, 0) is 50.1 Å². The minimum atomic E-state index is -4.70. The Kier molecular flexibility index (Phi) is 7.70. The number of sulfonamides is 1. The molecular weight excluding hydrogens is 475 g/mol. The highest BCUT2D eigenvalue weighted by atomic mass is 32.2. The molecule has 1 aliphatic rings. The smallest absolute Gasteiger partial charge is 0.416 e. The molecular formula is C22H24F3N3O5S. The first-order valence-corrected chi connectivity index (χ1v) is 12.0. The summed E-state index contributed by atoms with van der Waals surface area (Å²) in [7, 11) is -4.40. The maximum Gasteiger partial charge on any atom is 0.416 e. The molecule has 0 radical (unpaired) electrons. The zero-order chi connectivity index (χ0) is 24.9. The molecule has 2 N–H and O–H groups in total. The van der Waals surface area contributed by atoms with E-state index in [0.717, 1.165) is 18.2 Å². The van der Waals surface area contributed by atoms with Gasteiger partial charge in [-0.15, -0.1) is 0 Å². The first-order chi connectivity index (χ1) is 16.0. The van der Waals surface area contributed by atoms with Crippen LogP contribution in [0.5, 0.6) is 0 Å². The number of piperidine rings is 1. The highest BCUT2D eigenvalue weighted by molar-refractivity contribution is 7.92. The van der Waals surface area contributed by atoms with Crippen molar-refractivity contribution in [2.75, 3.05) is 24.4 Å². The Hall–Kier alpha value is -3.28. The monoisotopic (exact) mass is 499 g/mol. The summed E-state index contributed by atoms with van der Waals surface area (Å²) in [5.41, 5.74) is -1.15. The Balaban J connectivity index is 1.71. The van der Waals surface area contributed by atoms with Crippen molar-refractivity contribution in [3.05, 3.63) is 59.7 Å². The van der Waals surface area contributed by atoms with Gasteiger partial charge in [0.25, 0.3) is 15.9 Å². The van der Waals surface area contributed by atoms with Crippen LogP contribution in [0.4, 0.5) is 23.7 Å². The van der Waals surface area contributed by atoms with E-state index in [1.54, 1.807) is 17.9 Å². The van der Waals surface area contributed by atoms with E-state index in [1.165, 1.54) is 18.2 Å². The van der Waals surface area contributed by atoms with Gasteiger partial charge in [-0.1, -0.05) is 18.2 Å². The molecule has 2 aromatic carbocycles. The van der Waals surface area contributed by atoms with Gasteiger partial charge in [-0.2, -0.15) is 13.2 Å². The van der Waals surface area contributed by atoms with Crippen LogP contribution >= 0.6 is 0 Å². The molecule has 0 aromatic heterocycles. The van der Waals surface area contributed by atoms with Gasteiger partial charge in [-0.25, -0.2) is 13.2 Å². The van der Waals surface area contributed by atoms with Gasteiger partial charge in [0, 0.05) is 19.1 Å². The topological polar surface area (TPSA) is 105 Å². The average Bonchev–Trinajstić information content (AvgIpc) is 2.79. The van der Waals surface area contributed by atoms with E-state index in [4.69, 9.17) is 4.74 Å². The predicted molar refractivity (Wildman–Crippen MR) is 118 cm³/mol. The number of halogens is 3. The van der Waals surface area contributed by atoms with Gasteiger partial charge >= 0.3 is 12.3 Å². The fourth-order valence-electron chi connectivity index (χ4n) is 3.50. The molecule has 2 aromatic rings. The quantitative estimate of drug-likeness (QED) is 0.628. The summed E-state index contributed by atoms with van der Waals surface area (Å²) in [5, 5.41) is 2.82. The van der Waals surface area contributed by atoms with Gasteiger partial charge in [0.15, 0.2) is 0 Å². The summed E-state index contributed by atoms with van der Waals surface area (Å²) in [5.74, 6) is -0.545. The summed E-state index contributed by atoms with van der Waals surface area (Å²) < 4.78 is 71.6. The van der Waals surface area contributed by atoms with Gasteiger partial charge in [0.1, 0.15) is 0 Å². The molecule has 1 fully saturated rings. The number of benzene rings is 2. The lowest BCUT2D eigenvalue weighted by Crippen LogP contribution is -2.46. The number of carbonyl (C=O) groups excluding carboxylic acids is 2. The van der Waals surface area contributed by atoms with Crippen molar-refractivity contribution in [2.24, 2.45) is 0 Å². The number of alkyl halides is 3. The van der Waals surface area contributed by atoms with Gasteiger partial charge in [0.2, 0.25) is 0 Å². The molecule has 3 rings (SSSR count). The Bertz CT molecular complexity index is 1150. The Morgan fingerprint density at radius 3 is 2.41 bits per heavy atom. The number of hydrogen-bond acceptors (Lipinski definition) is 5. The largest absolute Gasteiger partial charge is 0.450 e. The van der Waals surface area contributed by atoms with Crippen LogP contribution in [-0.4, -0.2) is 51.1 Å². The number of nitrogens with zero attached hydrogens (tertiary/aromatic N) is 1. The summed E-state index contributed by atoms with van der Waals surface area (Å²) >= 11 is 0. The van der Waals surface area contributed by atoms with Crippen LogP contribution in [0.2, 0.25) is 0 Å². The third-order valence-corrected chi connectivity index (χ3v) is 6.61. The van der Waals surface area contributed by atoms with E-state index >= 15 is 0 Å². The summed E-state index contributed by atoms with van der Waals surface area (Å²) in [6.45, 7) is 2.77. The summed E-state index contributed by atoms with van der Waals surface area (Å²) in [4.78, 5) is 25.6. The maximum absolute atomic E-state index is 13.0. The van der Waals surface area contributed by atoms with Crippen LogP contribution in [0.3, 0.4) is 0 Å². The van der Waals surface area contributed by atoms with Gasteiger partial charge < -0.3 is 15.0 Å². The molecule has 8 nitrogen and oxygen atoms in total. The fraction of sp³-hybridized carbons (Fsp3) is 0.364. The van der Waals surface area contributed by atoms with Crippen LogP contribution in [0.15, 0.2) is 53.4 Å². The average molecular weight is 500 g/mol. The van der Waals surface area contributed by atoms with Crippen LogP contribution < -0.4 is 10.0 Å². The summed E-state index contributed by atoms with van der Waals surface area (Å²) in [6, 6.07) is 8.90. The molecule has 0 atom stereocenters. The minimum absolute atomic E-state index is 0.0193. The second-order valence-corrected chi connectivity index (χ2v) is 9.29. The van der Waals surface area contributed by atoms with Crippen LogP contribution in [-0.2, 0) is 20.9 Å². The molecule has 12 heteroatoms. The molecule has 0 aliphatic carbocycles. The number of hydrogen-bond donors (Lipinski definition) is 2. The maximum atomic E-state index is 13.0. The van der Waals surface area contributed by atoms with Crippen molar-refractivity contribution in [2.45, 2.75) is 36.9 Å². The van der Waals surface area contributed by atoms with Crippen LogP contribution in [0.25, 0.3) is 0 Å². The fourth-order valence-corrected chi connectivity index (χ4v) is 4.62. The number of amides is 2. The minimum Gasteiger partial charge on any atom is -0.450 e. The predicted octanol–water partition coefficient (Wildman–Crippen LogP) is 3.86. The lowest BCUT2D eigenvalue weighted by atomic mass is 10.0. The molecule has 34 heavy (non-hydrogen) atoms. The molecule has 1 saturated heterocycles. The van der Waals surface area contributed by atoms with E-state index < -0.39 is 38.7 Å². The SMILES string of the molecule is CCOC(=O)N1CCC(NC(=O)c2ccccc2NS(=O)(=O)c2cccc(C(F)(F)F)c2)CC1. The normalized spacial score (nSPS) is 15.0. The van der Waals surface area contributed by atoms with Gasteiger partial charge in [-0.3, -0.25) is 9.52 Å². The second kappa shape index (κ2) is 10.3. The second-order valence-electron chi connectivity index (χ2n) is 7.61. The van der Waals surface area contributed by atoms with E-state index in [9.17, 15) is 31.2 Å². The van der Waals surface area contributed by atoms with Gasteiger partial charge in [0.05, 0.1) is 28.3 Å². The molecule has 0 unspecified atom stereocenters. The number of carbonyl (C=O) groups is 2. The number of anilines is 1. The van der Waals surface area contributed by atoms with Crippen molar-refractivity contribution in [1.29, 1.82) is 0 Å². The third-order valence-electron chi connectivity index (χ3n) is 5.24. The van der Waals surface area contributed by atoms with Crippen LogP contribution in [0.1, 0.15) is 35.7 Å². The standard InChI is InChI=1S/C22H24F3N3O5S/c1-2-33-21(30)28-12-10-16(11-13-28)26-20(29)18-8-3-4-9-19(18)27-34(31,32)17-7-5-6-15(14-17)22(23,24)25/h3-9,14,16,27H,2,10-13H2,1H3,(H,26,29). The number of likely N-dealkylation sites (tertiary alicyclic amines) is 1. The van der Waals surface area contributed by atoms with Crippen molar-refractivity contribution in [3.8, 4) is 0 Å². The number of para-hydroxylation sites is 1. The lowest BCUT2D eigenvalue weighted by molar-refractivity contribution is -0.137. The van der Waals surface area contributed by atoms with Crippen molar-refractivity contribution in [1.82, 2.24) is 10.2 Å². The van der Waals surface area contributed by atoms with Crippen molar-refractivity contribution < 1.29 is 35.9 Å². The van der Waals surface area contributed by atoms with E-state index in [0.29, 0.717) is 32.0 Å².